The van der Waals surface area contributed by atoms with Crippen molar-refractivity contribution in [1.82, 2.24) is 20.4 Å². The third-order valence-electron chi connectivity index (χ3n) is 5.88. The van der Waals surface area contributed by atoms with E-state index < -0.39 is 0 Å². The summed E-state index contributed by atoms with van der Waals surface area (Å²) in [6.07, 6.45) is 3.68. The summed E-state index contributed by atoms with van der Waals surface area (Å²) < 4.78 is 4.96. The molecule has 30 heavy (non-hydrogen) atoms. The quantitative estimate of drug-likeness (QED) is 0.220. The largest absolute Gasteiger partial charge is 0.383 e. The molecule has 7 nitrogen and oxygen atoms in total. The number of amides is 1. The summed E-state index contributed by atoms with van der Waals surface area (Å²) in [5.74, 6) is 1.04. The van der Waals surface area contributed by atoms with E-state index in [1.807, 2.05) is 7.05 Å². The molecule has 0 spiro atoms. The molecule has 2 fully saturated rings. The molecule has 0 bridgehead atoms. The molecule has 1 heterocycles. The molecule has 1 aliphatic heterocycles. The number of hydrogen-bond acceptors (Lipinski definition) is 4. The number of nitrogens with one attached hydrogen (secondary N) is 2. The maximum absolute atomic E-state index is 12.0. The van der Waals surface area contributed by atoms with Crippen LogP contribution in [0.3, 0.4) is 0 Å². The summed E-state index contributed by atoms with van der Waals surface area (Å²) in [5, 5.41) is 6.50. The number of carbonyl (C=O) groups excluding carboxylic acids is 1. The Labute approximate surface area is 197 Å². The van der Waals surface area contributed by atoms with E-state index in [9.17, 15) is 4.79 Å². The van der Waals surface area contributed by atoms with Gasteiger partial charge in [0.05, 0.1) is 13.2 Å². The second-order valence-corrected chi connectivity index (χ2v) is 8.17. The first kappa shape index (κ1) is 24.9. The van der Waals surface area contributed by atoms with Gasteiger partial charge in [-0.05, 0) is 30.2 Å². The standard InChI is InChI=1S/C22H35N5O2.HI/c1-23-21(25-18-22(8-9-22)16-19-6-4-3-5-7-19)27-13-11-26(12-14-27)17-20(28)24-10-15-29-2;/h3-7H,8-18H2,1-2H3,(H,23,25)(H,24,28);1H. The molecule has 1 saturated heterocycles. The SMILES string of the molecule is CN=C(NCC1(Cc2ccccc2)CC1)N1CCN(CC(=O)NCCOC)CC1.I. The van der Waals surface area contributed by atoms with E-state index >= 15 is 0 Å². The number of ether oxygens (including phenoxy) is 1. The van der Waals surface area contributed by atoms with Gasteiger partial charge in [0.15, 0.2) is 5.96 Å². The molecule has 8 heteroatoms. The number of nitrogens with zero attached hydrogens (tertiary/aromatic N) is 3. The molecule has 2 N–H and O–H groups in total. The van der Waals surface area contributed by atoms with E-state index in [1.165, 1.54) is 18.4 Å². The van der Waals surface area contributed by atoms with E-state index in [4.69, 9.17) is 4.74 Å². The van der Waals surface area contributed by atoms with Crippen molar-refractivity contribution in [3.05, 3.63) is 35.9 Å². The van der Waals surface area contributed by atoms with Crippen molar-refractivity contribution in [2.24, 2.45) is 10.4 Å². The Bertz CT molecular complexity index is 673. The van der Waals surface area contributed by atoms with Crippen molar-refractivity contribution in [2.75, 3.05) is 66.6 Å². The third kappa shape index (κ3) is 7.70. The van der Waals surface area contributed by atoms with Gasteiger partial charge in [-0.2, -0.15) is 0 Å². The van der Waals surface area contributed by atoms with E-state index in [1.54, 1.807) is 7.11 Å². The Morgan fingerprint density at radius 3 is 2.43 bits per heavy atom. The predicted octanol–water partition coefficient (Wildman–Crippen LogP) is 1.58. The van der Waals surface area contributed by atoms with Crippen molar-refractivity contribution in [1.29, 1.82) is 0 Å². The summed E-state index contributed by atoms with van der Waals surface area (Å²) in [4.78, 5) is 21.0. The number of rotatable bonds is 9. The van der Waals surface area contributed by atoms with Crippen LogP contribution < -0.4 is 10.6 Å². The van der Waals surface area contributed by atoms with Gasteiger partial charge in [0, 0.05) is 53.4 Å². The fraction of sp³-hybridized carbons (Fsp3) is 0.636. The van der Waals surface area contributed by atoms with Crippen molar-refractivity contribution in [3.63, 3.8) is 0 Å². The van der Waals surface area contributed by atoms with Crippen molar-refractivity contribution >= 4 is 35.8 Å². The molecule has 3 rings (SSSR count). The molecule has 1 aliphatic carbocycles. The summed E-state index contributed by atoms with van der Waals surface area (Å²) in [7, 11) is 3.49. The first-order chi connectivity index (χ1) is 14.1. The first-order valence-electron chi connectivity index (χ1n) is 10.6. The monoisotopic (exact) mass is 529 g/mol. The zero-order chi connectivity index (χ0) is 20.5. The second-order valence-electron chi connectivity index (χ2n) is 8.17. The predicted molar refractivity (Wildman–Crippen MR) is 131 cm³/mol. The molecule has 0 aromatic heterocycles. The van der Waals surface area contributed by atoms with Gasteiger partial charge in [0.1, 0.15) is 0 Å². The number of carbonyl (C=O) groups is 1. The van der Waals surface area contributed by atoms with Crippen LogP contribution in [-0.2, 0) is 16.0 Å². The van der Waals surface area contributed by atoms with Crippen molar-refractivity contribution < 1.29 is 9.53 Å². The lowest BCUT2D eigenvalue weighted by Gasteiger charge is -2.36. The van der Waals surface area contributed by atoms with Gasteiger partial charge >= 0.3 is 0 Å². The highest BCUT2D eigenvalue weighted by Crippen LogP contribution is 2.47. The molecule has 1 amide bonds. The number of hydrogen-bond donors (Lipinski definition) is 2. The summed E-state index contributed by atoms with van der Waals surface area (Å²) >= 11 is 0. The van der Waals surface area contributed by atoms with Gasteiger partial charge in [-0.1, -0.05) is 30.3 Å². The zero-order valence-electron chi connectivity index (χ0n) is 18.2. The number of guanidine groups is 1. The van der Waals surface area contributed by atoms with Crippen LogP contribution >= 0.6 is 24.0 Å². The van der Waals surface area contributed by atoms with Crippen LogP contribution in [0.2, 0.25) is 0 Å². The number of methoxy groups -OCH3 is 1. The van der Waals surface area contributed by atoms with Crippen LogP contribution in [0, 0.1) is 5.41 Å². The van der Waals surface area contributed by atoms with Crippen molar-refractivity contribution in [2.45, 2.75) is 19.3 Å². The Morgan fingerprint density at radius 1 is 1.13 bits per heavy atom. The maximum Gasteiger partial charge on any atom is 0.234 e. The average molecular weight is 529 g/mol. The van der Waals surface area contributed by atoms with E-state index in [-0.39, 0.29) is 29.9 Å². The number of aliphatic imine (C=N–C) groups is 1. The minimum Gasteiger partial charge on any atom is -0.383 e. The molecular formula is C22H36IN5O2. The van der Waals surface area contributed by atoms with Crippen molar-refractivity contribution in [3.8, 4) is 0 Å². The molecule has 1 saturated carbocycles. The minimum absolute atomic E-state index is 0. The second kappa shape index (κ2) is 12.5. The highest BCUT2D eigenvalue weighted by molar-refractivity contribution is 14.0. The zero-order valence-corrected chi connectivity index (χ0v) is 20.6. The molecular weight excluding hydrogens is 493 g/mol. The van der Waals surface area contributed by atoms with Gasteiger partial charge in [0.2, 0.25) is 5.91 Å². The number of halogens is 1. The van der Waals surface area contributed by atoms with Gasteiger partial charge in [0.25, 0.3) is 0 Å². The molecule has 0 unspecified atom stereocenters. The fourth-order valence-corrected chi connectivity index (χ4v) is 3.89. The topological polar surface area (TPSA) is 69.2 Å². The van der Waals surface area contributed by atoms with Gasteiger partial charge < -0.3 is 20.3 Å². The summed E-state index contributed by atoms with van der Waals surface area (Å²) in [5.41, 5.74) is 1.79. The van der Waals surface area contributed by atoms with E-state index in [2.05, 4.69) is 55.8 Å². The van der Waals surface area contributed by atoms with Crippen LogP contribution in [0.1, 0.15) is 18.4 Å². The van der Waals surface area contributed by atoms with Crippen LogP contribution in [0.15, 0.2) is 35.3 Å². The molecule has 0 atom stereocenters. The summed E-state index contributed by atoms with van der Waals surface area (Å²) in [6, 6.07) is 10.8. The van der Waals surface area contributed by atoms with Crippen LogP contribution in [0.4, 0.5) is 0 Å². The summed E-state index contributed by atoms with van der Waals surface area (Å²) in [6.45, 7) is 6.04. The molecule has 2 aliphatic rings. The third-order valence-corrected chi connectivity index (χ3v) is 5.88. The molecule has 168 valence electrons. The van der Waals surface area contributed by atoms with Crippen LogP contribution in [0.25, 0.3) is 0 Å². The maximum atomic E-state index is 12.0. The van der Waals surface area contributed by atoms with E-state index in [0.717, 1.165) is 45.1 Å². The minimum atomic E-state index is 0. The average Bonchev–Trinajstić information content (AvgIpc) is 3.50. The fourth-order valence-electron chi connectivity index (χ4n) is 3.89. The van der Waals surface area contributed by atoms with Gasteiger partial charge in [-0.15, -0.1) is 24.0 Å². The highest BCUT2D eigenvalue weighted by Gasteiger charge is 2.42. The Morgan fingerprint density at radius 2 is 1.83 bits per heavy atom. The number of piperazine rings is 1. The number of benzene rings is 1. The normalized spacial score (nSPS) is 18.5. The smallest absolute Gasteiger partial charge is 0.234 e. The Balaban J connectivity index is 0.00000320. The lowest BCUT2D eigenvalue weighted by Crippen LogP contribution is -2.54. The van der Waals surface area contributed by atoms with Gasteiger partial charge in [-0.25, -0.2) is 0 Å². The first-order valence-corrected chi connectivity index (χ1v) is 10.6. The van der Waals surface area contributed by atoms with Crippen LogP contribution in [0.5, 0.6) is 0 Å². The Kier molecular flexibility index (Phi) is 10.3. The van der Waals surface area contributed by atoms with Gasteiger partial charge in [-0.3, -0.25) is 14.7 Å². The Hall–Kier alpha value is -1.39. The molecule has 1 aromatic carbocycles. The lowest BCUT2D eigenvalue weighted by atomic mass is 9.96. The lowest BCUT2D eigenvalue weighted by molar-refractivity contribution is -0.122. The highest BCUT2D eigenvalue weighted by atomic mass is 127. The molecule has 1 aromatic rings. The van der Waals surface area contributed by atoms with Crippen LogP contribution in [-0.4, -0.2) is 88.2 Å². The van der Waals surface area contributed by atoms with E-state index in [0.29, 0.717) is 25.1 Å². The molecule has 0 radical (unpaired) electrons.